The van der Waals surface area contributed by atoms with Crippen LogP contribution in [0.2, 0.25) is 0 Å². The van der Waals surface area contributed by atoms with Crippen molar-refractivity contribution in [2.45, 2.75) is 45.7 Å². The molecule has 0 aromatic carbocycles. The molecular weight excluding hydrogens is 300 g/mol. The zero-order chi connectivity index (χ0) is 16.3. The van der Waals surface area contributed by atoms with Gasteiger partial charge in [0.2, 0.25) is 10.0 Å². The molecule has 0 amide bonds. The maximum atomic E-state index is 11.8. The van der Waals surface area contributed by atoms with E-state index in [4.69, 9.17) is 0 Å². The molecule has 0 spiro atoms. The Kier molecular flexibility index (Phi) is 5.63. The van der Waals surface area contributed by atoms with E-state index < -0.39 is 10.0 Å². The molecule has 22 heavy (non-hydrogen) atoms. The topological polar surface area (TPSA) is 58.4 Å². The third-order valence-corrected chi connectivity index (χ3v) is 6.31. The van der Waals surface area contributed by atoms with Gasteiger partial charge in [0.25, 0.3) is 0 Å². The average Bonchev–Trinajstić information content (AvgIpc) is 2.97. The molecule has 1 aliphatic rings. The van der Waals surface area contributed by atoms with Gasteiger partial charge in [-0.05, 0) is 52.3 Å². The Morgan fingerprint density at radius 2 is 2.09 bits per heavy atom. The highest BCUT2D eigenvalue weighted by Crippen LogP contribution is 2.20. The Morgan fingerprint density at radius 1 is 1.36 bits per heavy atom. The van der Waals surface area contributed by atoms with E-state index in [1.807, 2.05) is 6.92 Å². The first kappa shape index (κ1) is 17.4. The Balaban J connectivity index is 1.87. The maximum Gasteiger partial charge on any atom is 0.213 e. The second-order valence-corrected chi connectivity index (χ2v) is 8.70. The van der Waals surface area contributed by atoms with Gasteiger partial charge in [0.05, 0.1) is 18.0 Å². The Labute approximate surface area is 134 Å². The van der Waals surface area contributed by atoms with Gasteiger partial charge in [-0.1, -0.05) is 0 Å². The van der Waals surface area contributed by atoms with E-state index in [9.17, 15) is 8.42 Å². The minimum absolute atomic E-state index is 0.225. The molecule has 1 aromatic rings. The van der Waals surface area contributed by atoms with E-state index in [1.54, 1.807) is 14.1 Å². The van der Waals surface area contributed by atoms with Gasteiger partial charge in [0.1, 0.15) is 0 Å². The number of nitrogens with zero attached hydrogens (tertiary/aromatic N) is 4. The van der Waals surface area contributed by atoms with Crippen LogP contribution < -0.4 is 0 Å². The molecule has 0 bridgehead atoms. The molecule has 1 aliphatic heterocycles. The first-order chi connectivity index (χ1) is 10.3. The van der Waals surface area contributed by atoms with Gasteiger partial charge in [-0.15, -0.1) is 0 Å². The highest BCUT2D eigenvalue weighted by Gasteiger charge is 2.25. The van der Waals surface area contributed by atoms with Crippen molar-refractivity contribution >= 4 is 10.0 Å². The Bertz CT molecular complexity index is 595. The average molecular weight is 328 g/mol. The lowest BCUT2D eigenvalue weighted by Crippen LogP contribution is -2.35. The summed E-state index contributed by atoms with van der Waals surface area (Å²) in [5, 5.41) is 4.54. The van der Waals surface area contributed by atoms with Crippen molar-refractivity contribution in [2.24, 2.45) is 0 Å². The molecule has 1 aromatic heterocycles. The van der Waals surface area contributed by atoms with Gasteiger partial charge < -0.3 is 0 Å². The lowest BCUT2D eigenvalue weighted by Gasteiger charge is -2.25. The quantitative estimate of drug-likeness (QED) is 0.756. The van der Waals surface area contributed by atoms with Crippen molar-refractivity contribution in [2.75, 3.05) is 32.9 Å². The lowest BCUT2D eigenvalue weighted by molar-refractivity contribution is 0.226. The van der Waals surface area contributed by atoms with E-state index >= 15 is 0 Å². The maximum absolute atomic E-state index is 11.8. The van der Waals surface area contributed by atoms with Crippen molar-refractivity contribution in [3.05, 3.63) is 17.5 Å². The van der Waals surface area contributed by atoms with Crippen LogP contribution >= 0.6 is 0 Å². The molecule has 1 atom stereocenters. The predicted octanol–water partition coefficient (Wildman–Crippen LogP) is 1.25. The third-order valence-electron chi connectivity index (χ3n) is 4.39. The third kappa shape index (κ3) is 4.30. The summed E-state index contributed by atoms with van der Waals surface area (Å²) in [7, 11) is 0.108. The second kappa shape index (κ2) is 7.10. The van der Waals surface area contributed by atoms with E-state index in [0.29, 0.717) is 12.5 Å². The molecule has 126 valence electrons. The molecule has 2 heterocycles. The summed E-state index contributed by atoms with van der Waals surface area (Å²) in [6, 6.07) is 2.57. The molecule has 6 nitrogen and oxygen atoms in total. The molecule has 2 rings (SSSR count). The smallest absolute Gasteiger partial charge is 0.213 e. The standard InChI is InChI=1S/C15H28N4O2S/c1-13-11-14(2)19(16-13)12-15-7-5-8-18(15)9-6-10-22(20,21)17(3)4/h11,15H,5-10,12H2,1-4H3/t15-/m0/s1. The van der Waals surface area contributed by atoms with Gasteiger partial charge >= 0.3 is 0 Å². The zero-order valence-electron chi connectivity index (χ0n) is 14.1. The lowest BCUT2D eigenvalue weighted by atomic mass is 10.2. The van der Waals surface area contributed by atoms with E-state index in [-0.39, 0.29) is 5.75 Å². The molecule has 0 aliphatic carbocycles. The molecule has 0 unspecified atom stereocenters. The molecule has 0 radical (unpaired) electrons. The number of aryl methyl sites for hydroxylation is 2. The number of sulfonamides is 1. The number of hydrogen-bond acceptors (Lipinski definition) is 4. The molecule has 1 fully saturated rings. The molecule has 7 heteroatoms. The summed E-state index contributed by atoms with van der Waals surface area (Å²) in [5.41, 5.74) is 2.25. The highest BCUT2D eigenvalue weighted by molar-refractivity contribution is 7.89. The first-order valence-corrected chi connectivity index (χ1v) is 9.56. The van der Waals surface area contributed by atoms with Crippen molar-refractivity contribution in [3.63, 3.8) is 0 Å². The number of likely N-dealkylation sites (tertiary alicyclic amines) is 1. The van der Waals surface area contributed by atoms with Crippen molar-refractivity contribution in [1.82, 2.24) is 19.0 Å². The summed E-state index contributed by atoms with van der Waals surface area (Å²) in [6.07, 6.45) is 3.04. The minimum atomic E-state index is -3.08. The van der Waals surface area contributed by atoms with Crippen LogP contribution in [0.3, 0.4) is 0 Å². The SMILES string of the molecule is Cc1cc(C)n(C[C@@H]2CCCN2CCCS(=O)(=O)N(C)C)n1. The van der Waals surface area contributed by atoms with Gasteiger partial charge in [-0.25, -0.2) is 12.7 Å². The fourth-order valence-electron chi connectivity index (χ4n) is 3.09. The van der Waals surface area contributed by atoms with Gasteiger partial charge in [-0.3, -0.25) is 9.58 Å². The summed E-state index contributed by atoms with van der Waals surface area (Å²) >= 11 is 0. The zero-order valence-corrected chi connectivity index (χ0v) is 14.9. The van der Waals surface area contributed by atoms with Crippen molar-refractivity contribution in [3.8, 4) is 0 Å². The Morgan fingerprint density at radius 3 is 2.68 bits per heavy atom. The van der Waals surface area contributed by atoms with Gasteiger partial charge in [0.15, 0.2) is 0 Å². The van der Waals surface area contributed by atoms with E-state index in [1.165, 1.54) is 22.8 Å². The largest absolute Gasteiger partial charge is 0.299 e. The second-order valence-electron chi connectivity index (χ2n) is 6.39. The van der Waals surface area contributed by atoms with Crippen LogP contribution in [-0.4, -0.2) is 66.4 Å². The van der Waals surface area contributed by atoms with Crippen LogP contribution in [0.15, 0.2) is 6.07 Å². The van der Waals surface area contributed by atoms with Crippen LogP contribution in [0.1, 0.15) is 30.7 Å². The summed E-state index contributed by atoms with van der Waals surface area (Å²) in [5.74, 6) is 0.225. The van der Waals surface area contributed by atoms with Crippen molar-refractivity contribution < 1.29 is 8.42 Å². The van der Waals surface area contributed by atoms with Gasteiger partial charge in [0, 0.05) is 25.8 Å². The van der Waals surface area contributed by atoms with E-state index in [2.05, 4.69) is 27.7 Å². The monoisotopic (exact) mass is 328 g/mol. The van der Waals surface area contributed by atoms with Crippen molar-refractivity contribution in [1.29, 1.82) is 0 Å². The van der Waals surface area contributed by atoms with Gasteiger partial charge in [-0.2, -0.15) is 5.10 Å². The fraction of sp³-hybridized carbons (Fsp3) is 0.800. The Hall–Kier alpha value is -0.920. The highest BCUT2D eigenvalue weighted by atomic mass is 32.2. The normalized spacial score (nSPS) is 20.1. The number of aromatic nitrogens is 2. The fourth-order valence-corrected chi connectivity index (χ4v) is 3.95. The molecule has 0 N–H and O–H groups in total. The van der Waals surface area contributed by atoms with Crippen LogP contribution in [0.4, 0.5) is 0 Å². The number of rotatable bonds is 7. The molecule has 1 saturated heterocycles. The van der Waals surface area contributed by atoms with Crippen LogP contribution in [0, 0.1) is 13.8 Å². The predicted molar refractivity (Wildman–Crippen MR) is 88.4 cm³/mol. The van der Waals surface area contributed by atoms with Crippen LogP contribution in [-0.2, 0) is 16.6 Å². The number of hydrogen-bond donors (Lipinski definition) is 0. The summed E-state index contributed by atoms with van der Waals surface area (Å²) in [6.45, 7) is 6.91. The minimum Gasteiger partial charge on any atom is -0.299 e. The first-order valence-electron chi connectivity index (χ1n) is 7.95. The molecular formula is C15H28N4O2S. The molecule has 0 saturated carbocycles. The van der Waals surface area contributed by atoms with E-state index in [0.717, 1.165) is 25.3 Å². The van der Waals surface area contributed by atoms with Crippen LogP contribution in [0.25, 0.3) is 0 Å². The summed E-state index contributed by atoms with van der Waals surface area (Å²) < 4.78 is 27.0. The van der Waals surface area contributed by atoms with Crippen LogP contribution in [0.5, 0.6) is 0 Å². The summed E-state index contributed by atoms with van der Waals surface area (Å²) in [4.78, 5) is 2.42.